The Morgan fingerprint density at radius 2 is 1.25 bits per heavy atom. The molecule has 1 aliphatic carbocycles. The zero-order valence-electron chi connectivity index (χ0n) is 29.3. The molecule has 0 spiro atoms. The first-order valence-corrected chi connectivity index (χ1v) is 18.2. The number of para-hydroxylation sites is 3. The third-order valence-corrected chi connectivity index (χ3v) is 11.3. The van der Waals surface area contributed by atoms with Crippen LogP contribution in [0.15, 0.2) is 172 Å². The Morgan fingerprint density at radius 1 is 0.566 bits per heavy atom. The van der Waals surface area contributed by atoms with Crippen LogP contribution in [0.2, 0.25) is 0 Å². The highest BCUT2D eigenvalue weighted by Crippen LogP contribution is 2.53. The molecule has 9 aromatic rings. The van der Waals surface area contributed by atoms with Crippen molar-refractivity contribution in [2.24, 2.45) is 9.98 Å². The fraction of sp³-hybridized carbons (Fsp3) is 0.0833. The fourth-order valence-electron chi connectivity index (χ4n) is 8.83. The maximum Gasteiger partial charge on any atom is 0.173 e. The zero-order valence-corrected chi connectivity index (χ0v) is 29.3. The smallest absolute Gasteiger partial charge is 0.173 e. The van der Waals surface area contributed by atoms with E-state index in [1.54, 1.807) is 0 Å². The predicted molar refractivity (Wildman–Crippen MR) is 217 cm³/mol. The summed E-state index contributed by atoms with van der Waals surface area (Å²) in [5, 5.41) is 8.34. The quantitative estimate of drug-likeness (QED) is 0.201. The standard InChI is InChI=1S/C48H34N4O/c1-48(2)38-20-9-6-15-32(38)34-27-28-40-42(43(34)48)36-17-7-10-21-39(36)52(40)31-25-23-30(24-26-31)46-49-45(29-13-4-3-5-14-29)50-47(51-46)37-19-12-18-35-33-16-8-11-22-41(33)53-44(35)37/h3-28,47H,1-2H3,(H,49,50,51). The average molecular weight is 683 g/mol. The Hall–Kier alpha value is -6.72. The number of furan rings is 1. The van der Waals surface area contributed by atoms with Gasteiger partial charge in [0.1, 0.15) is 22.8 Å². The minimum Gasteiger partial charge on any atom is -0.456 e. The summed E-state index contributed by atoms with van der Waals surface area (Å²) in [5.41, 5.74) is 13.5. The summed E-state index contributed by atoms with van der Waals surface area (Å²) in [5.74, 6) is 1.54. The van der Waals surface area contributed by atoms with Gasteiger partial charge in [0.15, 0.2) is 6.17 Å². The lowest BCUT2D eigenvalue weighted by Crippen LogP contribution is -2.36. The van der Waals surface area contributed by atoms with Crippen LogP contribution >= 0.6 is 0 Å². The normalized spacial score (nSPS) is 16.1. The molecular formula is C48H34N4O. The number of rotatable bonds is 4. The maximum absolute atomic E-state index is 6.44. The molecule has 1 N–H and O–H groups in total. The Bertz CT molecular complexity index is 3000. The van der Waals surface area contributed by atoms with Gasteiger partial charge in [-0.2, -0.15) is 0 Å². The third-order valence-electron chi connectivity index (χ3n) is 11.3. The van der Waals surface area contributed by atoms with Gasteiger partial charge in [-0.25, -0.2) is 9.98 Å². The lowest BCUT2D eigenvalue weighted by atomic mass is 9.80. The van der Waals surface area contributed by atoms with E-state index >= 15 is 0 Å². The van der Waals surface area contributed by atoms with Gasteiger partial charge in [-0.15, -0.1) is 0 Å². The molecule has 1 aliphatic heterocycles. The summed E-state index contributed by atoms with van der Waals surface area (Å²) in [6.07, 6.45) is -0.489. The van der Waals surface area contributed by atoms with Crippen LogP contribution < -0.4 is 5.32 Å². The van der Waals surface area contributed by atoms with Crippen molar-refractivity contribution in [3.05, 3.63) is 186 Å². The Kier molecular flexibility index (Phi) is 6.30. The van der Waals surface area contributed by atoms with Crippen molar-refractivity contribution < 1.29 is 4.42 Å². The van der Waals surface area contributed by atoms with E-state index in [1.165, 1.54) is 44.1 Å². The highest BCUT2D eigenvalue weighted by molar-refractivity contribution is 6.17. The summed E-state index contributed by atoms with van der Waals surface area (Å²) in [6.45, 7) is 4.73. The molecule has 53 heavy (non-hydrogen) atoms. The van der Waals surface area contributed by atoms with Gasteiger partial charge in [-0.3, -0.25) is 0 Å². The van der Waals surface area contributed by atoms with Crippen molar-refractivity contribution in [3.63, 3.8) is 0 Å². The van der Waals surface area contributed by atoms with Crippen LogP contribution in [0.3, 0.4) is 0 Å². The minimum absolute atomic E-state index is 0.115. The number of aliphatic imine (C=N–C) groups is 2. The summed E-state index contributed by atoms with van der Waals surface area (Å²) >= 11 is 0. The molecule has 0 radical (unpaired) electrons. The molecule has 2 aliphatic rings. The molecule has 0 amide bonds. The van der Waals surface area contributed by atoms with Gasteiger partial charge in [0, 0.05) is 49.3 Å². The molecule has 1 atom stereocenters. The molecule has 0 fully saturated rings. The highest BCUT2D eigenvalue weighted by Gasteiger charge is 2.38. The highest BCUT2D eigenvalue weighted by atomic mass is 16.3. The fourth-order valence-corrected chi connectivity index (χ4v) is 8.83. The number of hydrogen-bond acceptors (Lipinski definition) is 4. The number of fused-ring (bicyclic) bond motifs is 10. The van der Waals surface area contributed by atoms with Crippen molar-refractivity contribution in [1.29, 1.82) is 0 Å². The topological polar surface area (TPSA) is 54.8 Å². The molecule has 11 rings (SSSR count). The molecule has 3 heterocycles. The number of amidine groups is 2. The zero-order chi connectivity index (χ0) is 35.3. The first-order chi connectivity index (χ1) is 26.0. The van der Waals surface area contributed by atoms with Gasteiger partial charge in [0.25, 0.3) is 0 Å². The predicted octanol–water partition coefficient (Wildman–Crippen LogP) is 11.5. The Balaban J connectivity index is 1.04. The van der Waals surface area contributed by atoms with Crippen molar-refractivity contribution >= 4 is 55.4 Å². The molecule has 252 valence electrons. The molecule has 7 aromatic carbocycles. The second-order valence-electron chi connectivity index (χ2n) is 14.6. The number of nitrogens with zero attached hydrogens (tertiary/aromatic N) is 3. The van der Waals surface area contributed by atoms with Crippen molar-refractivity contribution in [2.45, 2.75) is 25.4 Å². The van der Waals surface area contributed by atoms with Crippen LogP contribution in [-0.2, 0) is 5.41 Å². The first-order valence-electron chi connectivity index (χ1n) is 18.2. The number of nitrogens with one attached hydrogen (secondary N) is 1. The van der Waals surface area contributed by atoms with Crippen LogP contribution in [0.5, 0.6) is 0 Å². The van der Waals surface area contributed by atoms with Crippen molar-refractivity contribution in [1.82, 2.24) is 9.88 Å². The van der Waals surface area contributed by atoms with E-state index in [4.69, 9.17) is 14.4 Å². The van der Waals surface area contributed by atoms with E-state index in [0.29, 0.717) is 0 Å². The van der Waals surface area contributed by atoms with E-state index in [1.807, 2.05) is 36.4 Å². The molecular weight excluding hydrogens is 649 g/mol. The molecule has 5 heteroatoms. The van der Waals surface area contributed by atoms with Crippen LogP contribution in [0.1, 0.15) is 47.8 Å². The van der Waals surface area contributed by atoms with E-state index in [9.17, 15) is 0 Å². The van der Waals surface area contributed by atoms with Gasteiger partial charge in [-0.1, -0.05) is 129 Å². The van der Waals surface area contributed by atoms with Crippen LogP contribution in [0.4, 0.5) is 0 Å². The van der Waals surface area contributed by atoms with Crippen molar-refractivity contribution in [2.75, 3.05) is 0 Å². The van der Waals surface area contributed by atoms with Gasteiger partial charge in [0.2, 0.25) is 0 Å². The maximum atomic E-state index is 6.44. The molecule has 2 aromatic heterocycles. The Morgan fingerprint density at radius 3 is 2.08 bits per heavy atom. The van der Waals surface area contributed by atoms with Crippen molar-refractivity contribution in [3.8, 4) is 16.8 Å². The van der Waals surface area contributed by atoms with Crippen LogP contribution in [0.25, 0.3) is 60.6 Å². The van der Waals surface area contributed by atoms with E-state index < -0.39 is 6.17 Å². The van der Waals surface area contributed by atoms with E-state index in [-0.39, 0.29) is 5.41 Å². The van der Waals surface area contributed by atoms with Crippen LogP contribution in [0, 0.1) is 0 Å². The molecule has 0 bridgehead atoms. The number of aromatic nitrogens is 1. The lowest BCUT2D eigenvalue weighted by Gasteiger charge is -2.23. The SMILES string of the molecule is CC1(C)c2ccccc2-c2ccc3c(c21)c1ccccc1n3-c1ccc(C2=NC(c3cccc4c3oc3ccccc34)N=C(c3ccccc3)N2)cc1. The van der Waals surface area contributed by atoms with Gasteiger partial charge >= 0.3 is 0 Å². The second kappa shape index (κ2) is 11.1. The molecule has 5 nitrogen and oxygen atoms in total. The summed E-state index contributed by atoms with van der Waals surface area (Å²) in [7, 11) is 0. The molecule has 0 saturated heterocycles. The summed E-state index contributed by atoms with van der Waals surface area (Å²) < 4.78 is 8.85. The second-order valence-corrected chi connectivity index (χ2v) is 14.6. The van der Waals surface area contributed by atoms with Gasteiger partial charge in [0.05, 0.1) is 11.0 Å². The van der Waals surface area contributed by atoms with Gasteiger partial charge < -0.3 is 14.3 Å². The molecule has 0 saturated carbocycles. The largest absolute Gasteiger partial charge is 0.456 e. The van der Waals surface area contributed by atoms with E-state index in [2.05, 4.69) is 145 Å². The monoisotopic (exact) mass is 682 g/mol. The minimum atomic E-state index is -0.489. The lowest BCUT2D eigenvalue weighted by molar-refractivity contribution is 0.649. The third kappa shape index (κ3) is 4.37. The molecule has 1 unspecified atom stereocenters. The number of hydrogen-bond donors (Lipinski definition) is 1. The summed E-state index contributed by atoms with van der Waals surface area (Å²) in [6, 6.07) is 55.8. The Labute approximate surface area is 306 Å². The van der Waals surface area contributed by atoms with Crippen LogP contribution in [-0.4, -0.2) is 16.2 Å². The van der Waals surface area contributed by atoms with E-state index in [0.717, 1.165) is 56.0 Å². The van der Waals surface area contributed by atoms with Gasteiger partial charge in [-0.05, 0) is 64.7 Å². The summed E-state index contributed by atoms with van der Waals surface area (Å²) in [4.78, 5) is 10.4. The number of benzene rings is 7. The average Bonchev–Trinajstić information content (AvgIpc) is 3.84. The first kappa shape index (κ1) is 30.0.